The second-order valence-corrected chi connectivity index (χ2v) is 2.37. The summed E-state index contributed by atoms with van der Waals surface area (Å²) in [4.78, 5) is 0. The molecule has 0 aliphatic heterocycles. The van der Waals surface area contributed by atoms with Gasteiger partial charge < -0.3 is 5.73 Å². The predicted octanol–water partition coefficient (Wildman–Crippen LogP) is 1.93. The Hall–Kier alpha value is -1.03. The van der Waals surface area contributed by atoms with Crippen molar-refractivity contribution < 1.29 is 13.2 Å². The second-order valence-electron chi connectivity index (χ2n) is 2.37. The molecule has 4 heteroatoms. The quantitative estimate of drug-likeness (QED) is 0.730. The highest BCUT2D eigenvalue weighted by Crippen LogP contribution is 2.19. The van der Waals surface area contributed by atoms with Crippen LogP contribution in [0.1, 0.15) is 11.7 Å². The van der Waals surface area contributed by atoms with Gasteiger partial charge in [0.15, 0.2) is 0 Å². The van der Waals surface area contributed by atoms with E-state index in [2.05, 4.69) is 0 Å². The number of benzene rings is 1. The van der Waals surface area contributed by atoms with Gasteiger partial charge in [-0.3, -0.25) is 0 Å². The van der Waals surface area contributed by atoms with Crippen molar-refractivity contribution in [3.63, 3.8) is 0 Å². The van der Waals surface area contributed by atoms with E-state index in [-0.39, 0.29) is 12.1 Å². The highest BCUT2D eigenvalue weighted by Gasteiger charge is 2.12. The van der Waals surface area contributed by atoms with Crippen LogP contribution < -0.4 is 5.73 Å². The van der Waals surface area contributed by atoms with E-state index in [4.69, 9.17) is 5.73 Å². The molecule has 0 saturated carbocycles. The molecule has 0 spiro atoms. The Morgan fingerprint density at radius 2 is 2.00 bits per heavy atom. The fourth-order valence-corrected chi connectivity index (χ4v) is 0.883. The van der Waals surface area contributed by atoms with Crippen LogP contribution in [0.15, 0.2) is 18.2 Å². The van der Waals surface area contributed by atoms with Crippen LogP contribution in [0.4, 0.5) is 13.2 Å². The first-order valence-electron chi connectivity index (χ1n) is 3.44. The molecule has 1 rings (SSSR count). The SMILES string of the molecule is NCC(F)c1ccc(F)cc1F. The van der Waals surface area contributed by atoms with Gasteiger partial charge in [0.05, 0.1) is 0 Å². The standard InChI is InChI=1S/C8H8F3N/c9-5-1-2-6(7(10)3-5)8(11)4-12/h1-3,8H,4,12H2. The lowest BCUT2D eigenvalue weighted by molar-refractivity contribution is 0.340. The molecule has 0 aliphatic carbocycles. The van der Waals surface area contributed by atoms with E-state index in [9.17, 15) is 13.2 Å². The monoisotopic (exact) mass is 175 g/mol. The van der Waals surface area contributed by atoms with Gasteiger partial charge in [-0.15, -0.1) is 0 Å². The molecule has 1 aromatic carbocycles. The molecule has 2 N–H and O–H groups in total. The van der Waals surface area contributed by atoms with Gasteiger partial charge in [-0.1, -0.05) is 6.07 Å². The van der Waals surface area contributed by atoms with E-state index in [1.165, 1.54) is 0 Å². The molecular weight excluding hydrogens is 167 g/mol. The van der Waals surface area contributed by atoms with Crippen molar-refractivity contribution in [2.45, 2.75) is 6.17 Å². The van der Waals surface area contributed by atoms with Gasteiger partial charge in [0.25, 0.3) is 0 Å². The number of hydrogen-bond acceptors (Lipinski definition) is 1. The Morgan fingerprint density at radius 1 is 1.33 bits per heavy atom. The molecule has 66 valence electrons. The summed E-state index contributed by atoms with van der Waals surface area (Å²) in [5.74, 6) is -1.62. The average Bonchev–Trinajstić information content (AvgIpc) is 2.03. The molecule has 0 fully saturated rings. The summed E-state index contributed by atoms with van der Waals surface area (Å²) in [7, 11) is 0. The molecule has 1 unspecified atom stereocenters. The summed E-state index contributed by atoms with van der Waals surface area (Å²) in [6, 6.07) is 2.69. The summed E-state index contributed by atoms with van der Waals surface area (Å²) in [5.41, 5.74) is 4.78. The number of halogens is 3. The van der Waals surface area contributed by atoms with Crippen LogP contribution in [-0.2, 0) is 0 Å². The predicted molar refractivity (Wildman–Crippen MR) is 39.3 cm³/mol. The zero-order valence-electron chi connectivity index (χ0n) is 6.23. The Balaban J connectivity index is 3.01. The van der Waals surface area contributed by atoms with Crippen molar-refractivity contribution in [3.8, 4) is 0 Å². The van der Waals surface area contributed by atoms with Crippen molar-refractivity contribution in [1.29, 1.82) is 0 Å². The molecule has 0 aliphatic rings. The van der Waals surface area contributed by atoms with E-state index >= 15 is 0 Å². The zero-order chi connectivity index (χ0) is 9.14. The highest BCUT2D eigenvalue weighted by atomic mass is 19.1. The van der Waals surface area contributed by atoms with E-state index in [0.717, 1.165) is 12.1 Å². The van der Waals surface area contributed by atoms with Crippen LogP contribution in [-0.4, -0.2) is 6.54 Å². The van der Waals surface area contributed by atoms with Gasteiger partial charge in [0.2, 0.25) is 0 Å². The Labute approximate surface area is 68.0 Å². The van der Waals surface area contributed by atoms with E-state index in [0.29, 0.717) is 6.07 Å². The van der Waals surface area contributed by atoms with Gasteiger partial charge in [-0.05, 0) is 6.07 Å². The minimum atomic E-state index is -1.56. The Morgan fingerprint density at radius 3 is 2.50 bits per heavy atom. The van der Waals surface area contributed by atoms with Crippen molar-refractivity contribution >= 4 is 0 Å². The maximum absolute atomic E-state index is 12.8. The van der Waals surface area contributed by atoms with E-state index < -0.39 is 17.8 Å². The van der Waals surface area contributed by atoms with Gasteiger partial charge in [0, 0.05) is 18.2 Å². The van der Waals surface area contributed by atoms with Crippen LogP contribution >= 0.6 is 0 Å². The van der Waals surface area contributed by atoms with E-state index in [1.807, 2.05) is 0 Å². The third-order valence-electron chi connectivity index (χ3n) is 1.51. The van der Waals surface area contributed by atoms with Crippen LogP contribution in [0, 0.1) is 11.6 Å². The van der Waals surface area contributed by atoms with Crippen molar-refractivity contribution in [2.75, 3.05) is 6.54 Å². The molecule has 1 nitrogen and oxygen atoms in total. The summed E-state index contributed by atoms with van der Waals surface area (Å²) >= 11 is 0. The largest absolute Gasteiger partial charge is 0.327 e. The maximum atomic E-state index is 12.8. The zero-order valence-corrected chi connectivity index (χ0v) is 6.23. The van der Waals surface area contributed by atoms with Crippen LogP contribution in [0.3, 0.4) is 0 Å². The summed E-state index contributed by atoms with van der Waals surface area (Å²) in [6.45, 7) is -0.303. The molecule has 0 radical (unpaired) electrons. The first-order chi connectivity index (χ1) is 5.65. The number of alkyl halides is 1. The Bertz CT molecular complexity index is 275. The summed E-state index contributed by atoms with van der Waals surface area (Å²) < 4.78 is 37.8. The maximum Gasteiger partial charge on any atom is 0.140 e. The van der Waals surface area contributed by atoms with Gasteiger partial charge in [0.1, 0.15) is 17.8 Å². The topological polar surface area (TPSA) is 26.0 Å². The van der Waals surface area contributed by atoms with Crippen molar-refractivity contribution in [1.82, 2.24) is 0 Å². The number of rotatable bonds is 2. The summed E-state index contributed by atoms with van der Waals surface area (Å²) in [6.07, 6.45) is -1.56. The fourth-order valence-electron chi connectivity index (χ4n) is 0.883. The first-order valence-corrected chi connectivity index (χ1v) is 3.44. The van der Waals surface area contributed by atoms with Crippen molar-refractivity contribution in [2.24, 2.45) is 5.73 Å². The molecule has 0 saturated heterocycles. The minimum Gasteiger partial charge on any atom is -0.327 e. The lowest BCUT2D eigenvalue weighted by Gasteiger charge is -2.05. The van der Waals surface area contributed by atoms with Gasteiger partial charge >= 0.3 is 0 Å². The Kier molecular flexibility index (Phi) is 2.70. The smallest absolute Gasteiger partial charge is 0.140 e. The van der Waals surface area contributed by atoms with Crippen LogP contribution in [0.2, 0.25) is 0 Å². The number of hydrogen-bond donors (Lipinski definition) is 1. The van der Waals surface area contributed by atoms with Gasteiger partial charge in [-0.2, -0.15) is 0 Å². The molecule has 0 aromatic heterocycles. The molecule has 0 heterocycles. The molecule has 0 amide bonds. The average molecular weight is 175 g/mol. The van der Waals surface area contributed by atoms with E-state index in [1.54, 1.807) is 0 Å². The number of nitrogens with two attached hydrogens (primary N) is 1. The second kappa shape index (κ2) is 3.58. The lowest BCUT2D eigenvalue weighted by Crippen LogP contribution is -2.09. The molecule has 1 atom stereocenters. The van der Waals surface area contributed by atoms with Crippen LogP contribution in [0.25, 0.3) is 0 Å². The first kappa shape index (κ1) is 9.06. The van der Waals surface area contributed by atoms with Crippen LogP contribution in [0.5, 0.6) is 0 Å². The fraction of sp³-hybridized carbons (Fsp3) is 0.250. The molecule has 1 aromatic rings. The summed E-state index contributed by atoms with van der Waals surface area (Å²) in [5, 5.41) is 0. The highest BCUT2D eigenvalue weighted by molar-refractivity contribution is 5.21. The van der Waals surface area contributed by atoms with Crippen molar-refractivity contribution in [3.05, 3.63) is 35.4 Å². The third-order valence-corrected chi connectivity index (χ3v) is 1.51. The third kappa shape index (κ3) is 1.76. The van der Waals surface area contributed by atoms with Gasteiger partial charge in [-0.25, -0.2) is 13.2 Å². The normalized spacial score (nSPS) is 13.0. The lowest BCUT2D eigenvalue weighted by atomic mass is 10.1. The molecule has 12 heavy (non-hydrogen) atoms. The minimum absolute atomic E-state index is 0.195. The molecular formula is C8H8F3N. The molecule has 0 bridgehead atoms.